The van der Waals surface area contributed by atoms with Crippen LogP contribution in [0.2, 0.25) is 0 Å². The summed E-state index contributed by atoms with van der Waals surface area (Å²) in [7, 11) is 3.18. The highest BCUT2D eigenvalue weighted by molar-refractivity contribution is 5.44. The molecule has 0 amide bonds. The van der Waals surface area contributed by atoms with Gasteiger partial charge in [0.05, 0.1) is 20.8 Å². The Balaban J connectivity index is 2.21. The van der Waals surface area contributed by atoms with E-state index >= 15 is 0 Å². The smallest absolute Gasteiger partial charge is 0.134 e. The van der Waals surface area contributed by atoms with Gasteiger partial charge in [0.25, 0.3) is 0 Å². The van der Waals surface area contributed by atoms with Crippen LogP contribution in [0.3, 0.4) is 0 Å². The van der Waals surface area contributed by atoms with Crippen LogP contribution in [0.4, 0.5) is 0 Å². The molecule has 4 nitrogen and oxygen atoms in total. The van der Waals surface area contributed by atoms with Crippen molar-refractivity contribution in [2.45, 2.75) is 6.61 Å². The second-order valence-electron chi connectivity index (χ2n) is 3.95. The van der Waals surface area contributed by atoms with Gasteiger partial charge in [-0.2, -0.15) is 0 Å². The first-order chi connectivity index (χ1) is 9.25. The summed E-state index contributed by atoms with van der Waals surface area (Å²) in [5.41, 5.74) is 0.843. The fourth-order valence-electron chi connectivity index (χ4n) is 1.64. The third kappa shape index (κ3) is 3.39. The number of benzene rings is 2. The molecule has 0 spiro atoms. The number of rotatable bonds is 5. The Kier molecular flexibility index (Phi) is 4.26. The van der Waals surface area contributed by atoms with Crippen LogP contribution in [-0.2, 0) is 6.61 Å². The molecule has 0 aliphatic heterocycles. The molecule has 2 rings (SSSR count). The first kappa shape index (κ1) is 13.2. The molecule has 0 aliphatic rings. The average Bonchev–Trinajstić information content (AvgIpc) is 2.47. The summed E-state index contributed by atoms with van der Waals surface area (Å²) in [6, 6.07) is 12.6. The van der Waals surface area contributed by atoms with E-state index < -0.39 is 0 Å². The molecule has 0 fully saturated rings. The molecule has 19 heavy (non-hydrogen) atoms. The Morgan fingerprint density at radius 3 is 1.79 bits per heavy atom. The molecular weight excluding hydrogens is 244 g/mol. The fourth-order valence-corrected chi connectivity index (χ4v) is 1.64. The zero-order chi connectivity index (χ0) is 13.7. The predicted octanol–water partition coefficient (Wildman–Crippen LogP) is 2.99. The van der Waals surface area contributed by atoms with Crippen molar-refractivity contribution in [3.63, 3.8) is 0 Å². The highest BCUT2D eigenvalue weighted by Crippen LogP contribution is 2.30. The number of hydrogen-bond donors (Lipinski definition) is 1. The molecule has 0 saturated carbocycles. The van der Waals surface area contributed by atoms with E-state index in [1.54, 1.807) is 44.6 Å². The van der Waals surface area contributed by atoms with E-state index in [1.807, 2.05) is 12.1 Å². The SMILES string of the molecule is COc1cc(OC)cc(Oc2ccc(CO)cc2)c1. The summed E-state index contributed by atoms with van der Waals surface area (Å²) in [5, 5.41) is 8.98. The summed E-state index contributed by atoms with van der Waals surface area (Å²) in [6.45, 7) is 0.0211. The highest BCUT2D eigenvalue weighted by atomic mass is 16.5. The standard InChI is InChI=1S/C15H16O4/c1-17-13-7-14(18-2)9-15(8-13)19-12-5-3-11(10-16)4-6-12/h3-9,16H,10H2,1-2H3. The Morgan fingerprint density at radius 1 is 0.789 bits per heavy atom. The van der Waals surface area contributed by atoms with Gasteiger partial charge < -0.3 is 19.3 Å². The number of methoxy groups -OCH3 is 2. The average molecular weight is 260 g/mol. The predicted molar refractivity (Wildman–Crippen MR) is 72.0 cm³/mol. The summed E-state index contributed by atoms with van der Waals surface area (Å²) in [4.78, 5) is 0. The first-order valence-corrected chi connectivity index (χ1v) is 5.86. The van der Waals surface area contributed by atoms with E-state index in [-0.39, 0.29) is 6.61 Å². The maximum absolute atomic E-state index is 8.98. The molecule has 0 unspecified atom stereocenters. The summed E-state index contributed by atoms with van der Waals surface area (Å²) < 4.78 is 16.1. The minimum Gasteiger partial charge on any atom is -0.496 e. The minimum atomic E-state index is 0.0211. The lowest BCUT2D eigenvalue weighted by Crippen LogP contribution is -1.90. The van der Waals surface area contributed by atoms with E-state index in [0.717, 1.165) is 5.56 Å². The Bertz CT molecular complexity index is 512. The van der Waals surface area contributed by atoms with Gasteiger partial charge >= 0.3 is 0 Å². The van der Waals surface area contributed by atoms with Gasteiger partial charge in [-0.25, -0.2) is 0 Å². The normalized spacial score (nSPS) is 10.1. The molecule has 0 saturated heterocycles. The van der Waals surface area contributed by atoms with Crippen LogP contribution in [0.25, 0.3) is 0 Å². The summed E-state index contributed by atoms with van der Waals surface area (Å²) in [5.74, 6) is 2.66. The van der Waals surface area contributed by atoms with Gasteiger partial charge in [0.2, 0.25) is 0 Å². The number of ether oxygens (including phenoxy) is 3. The lowest BCUT2D eigenvalue weighted by molar-refractivity contribution is 0.281. The Hall–Kier alpha value is -2.20. The quantitative estimate of drug-likeness (QED) is 0.897. The van der Waals surface area contributed by atoms with Gasteiger partial charge in [-0.15, -0.1) is 0 Å². The number of aliphatic hydroxyl groups excluding tert-OH is 1. The van der Waals surface area contributed by atoms with Crippen LogP contribution in [0.5, 0.6) is 23.0 Å². The molecule has 2 aromatic rings. The highest BCUT2D eigenvalue weighted by Gasteiger charge is 2.04. The van der Waals surface area contributed by atoms with Crippen LogP contribution in [0.1, 0.15) is 5.56 Å². The minimum absolute atomic E-state index is 0.0211. The molecule has 2 aromatic carbocycles. The molecule has 1 N–H and O–H groups in total. The van der Waals surface area contributed by atoms with Crippen molar-refractivity contribution in [2.75, 3.05) is 14.2 Å². The van der Waals surface area contributed by atoms with Crippen molar-refractivity contribution >= 4 is 0 Å². The zero-order valence-electron chi connectivity index (χ0n) is 10.9. The van der Waals surface area contributed by atoms with Gasteiger partial charge in [0.1, 0.15) is 23.0 Å². The van der Waals surface area contributed by atoms with Crippen LogP contribution in [0.15, 0.2) is 42.5 Å². The zero-order valence-corrected chi connectivity index (χ0v) is 10.9. The van der Waals surface area contributed by atoms with Gasteiger partial charge in [-0.05, 0) is 17.7 Å². The van der Waals surface area contributed by atoms with E-state index in [4.69, 9.17) is 19.3 Å². The van der Waals surface area contributed by atoms with Crippen molar-refractivity contribution in [3.05, 3.63) is 48.0 Å². The molecule has 0 bridgehead atoms. The van der Waals surface area contributed by atoms with Crippen molar-refractivity contribution in [1.29, 1.82) is 0 Å². The lowest BCUT2D eigenvalue weighted by atomic mass is 10.2. The van der Waals surface area contributed by atoms with Crippen molar-refractivity contribution in [1.82, 2.24) is 0 Å². The maximum Gasteiger partial charge on any atom is 0.134 e. The van der Waals surface area contributed by atoms with Crippen LogP contribution in [0, 0.1) is 0 Å². The van der Waals surface area contributed by atoms with Crippen molar-refractivity contribution < 1.29 is 19.3 Å². The van der Waals surface area contributed by atoms with Crippen LogP contribution >= 0.6 is 0 Å². The van der Waals surface area contributed by atoms with Crippen LogP contribution < -0.4 is 14.2 Å². The van der Waals surface area contributed by atoms with Crippen molar-refractivity contribution in [3.8, 4) is 23.0 Å². The number of aliphatic hydroxyl groups is 1. The third-order valence-corrected chi connectivity index (χ3v) is 2.67. The van der Waals surface area contributed by atoms with Gasteiger partial charge in [0.15, 0.2) is 0 Å². The molecule has 100 valence electrons. The van der Waals surface area contributed by atoms with E-state index in [9.17, 15) is 0 Å². The van der Waals surface area contributed by atoms with Crippen molar-refractivity contribution in [2.24, 2.45) is 0 Å². The topological polar surface area (TPSA) is 47.9 Å². The molecule has 0 aliphatic carbocycles. The third-order valence-electron chi connectivity index (χ3n) is 2.67. The van der Waals surface area contributed by atoms with Gasteiger partial charge in [-0.1, -0.05) is 12.1 Å². The first-order valence-electron chi connectivity index (χ1n) is 5.86. The summed E-state index contributed by atoms with van der Waals surface area (Å²) in [6.07, 6.45) is 0. The van der Waals surface area contributed by atoms with Crippen LogP contribution in [-0.4, -0.2) is 19.3 Å². The Morgan fingerprint density at radius 2 is 1.32 bits per heavy atom. The molecule has 0 atom stereocenters. The second kappa shape index (κ2) is 6.11. The summed E-state index contributed by atoms with van der Waals surface area (Å²) >= 11 is 0. The molecule has 4 heteroatoms. The van der Waals surface area contributed by atoms with Gasteiger partial charge in [-0.3, -0.25) is 0 Å². The second-order valence-corrected chi connectivity index (χ2v) is 3.95. The molecule has 0 aromatic heterocycles. The van der Waals surface area contributed by atoms with E-state index in [1.165, 1.54) is 0 Å². The largest absolute Gasteiger partial charge is 0.496 e. The van der Waals surface area contributed by atoms with E-state index in [0.29, 0.717) is 23.0 Å². The van der Waals surface area contributed by atoms with E-state index in [2.05, 4.69) is 0 Å². The maximum atomic E-state index is 8.98. The molecule has 0 radical (unpaired) electrons. The lowest BCUT2D eigenvalue weighted by Gasteiger charge is -2.10. The Labute approximate surface area is 112 Å². The van der Waals surface area contributed by atoms with Gasteiger partial charge in [0, 0.05) is 18.2 Å². The monoisotopic (exact) mass is 260 g/mol. The number of hydrogen-bond acceptors (Lipinski definition) is 4. The molecule has 0 heterocycles. The fraction of sp³-hybridized carbons (Fsp3) is 0.200. The molecular formula is C15H16O4.